The second-order valence-corrected chi connectivity index (χ2v) is 7.32. The lowest BCUT2D eigenvalue weighted by molar-refractivity contribution is -0.115. The second-order valence-electron chi connectivity index (χ2n) is 6.03. The van der Waals surface area contributed by atoms with Gasteiger partial charge in [-0.2, -0.15) is 0 Å². The van der Waals surface area contributed by atoms with E-state index in [1.54, 1.807) is 43.3 Å². The third kappa shape index (κ3) is 4.80. The molecule has 0 unspecified atom stereocenters. The van der Waals surface area contributed by atoms with E-state index in [-0.39, 0.29) is 18.1 Å². The molecule has 0 radical (unpaired) electrons. The van der Waals surface area contributed by atoms with E-state index in [0.29, 0.717) is 23.6 Å². The summed E-state index contributed by atoms with van der Waals surface area (Å²) >= 11 is 1.44. The Kier molecular flexibility index (Phi) is 6.16. The van der Waals surface area contributed by atoms with Crippen molar-refractivity contribution in [2.75, 3.05) is 11.9 Å². The summed E-state index contributed by atoms with van der Waals surface area (Å²) in [6.07, 6.45) is 0.151. The predicted octanol–water partition coefficient (Wildman–Crippen LogP) is 4.62. The maximum atomic E-state index is 13.2. The van der Waals surface area contributed by atoms with E-state index in [1.165, 1.54) is 23.5 Å². The SMILES string of the molecule is CCOC(=O)c1ccc(NC(=O)Cc2sc(C)nc2-c2ccc(F)cc2)cc1. The molecule has 0 saturated heterocycles. The Labute approximate surface area is 166 Å². The van der Waals surface area contributed by atoms with Crippen LogP contribution in [0, 0.1) is 12.7 Å². The van der Waals surface area contributed by atoms with Crippen molar-refractivity contribution in [2.45, 2.75) is 20.3 Å². The fraction of sp³-hybridized carbons (Fsp3) is 0.190. The maximum absolute atomic E-state index is 13.2. The lowest BCUT2D eigenvalue weighted by atomic mass is 10.1. The van der Waals surface area contributed by atoms with Crippen LogP contribution in [0.3, 0.4) is 0 Å². The monoisotopic (exact) mass is 398 g/mol. The second kappa shape index (κ2) is 8.75. The molecule has 0 aliphatic rings. The van der Waals surface area contributed by atoms with Crippen molar-refractivity contribution < 1.29 is 18.7 Å². The van der Waals surface area contributed by atoms with Gasteiger partial charge in [-0.05, 0) is 62.4 Å². The number of nitrogens with one attached hydrogen (secondary N) is 1. The van der Waals surface area contributed by atoms with Crippen LogP contribution in [-0.4, -0.2) is 23.5 Å². The van der Waals surface area contributed by atoms with Gasteiger partial charge in [0.05, 0.1) is 29.3 Å². The number of nitrogens with zero attached hydrogens (tertiary/aromatic N) is 1. The Morgan fingerprint density at radius 1 is 1.11 bits per heavy atom. The van der Waals surface area contributed by atoms with Gasteiger partial charge in [-0.25, -0.2) is 14.2 Å². The van der Waals surface area contributed by atoms with Crippen molar-refractivity contribution in [1.82, 2.24) is 4.98 Å². The van der Waals surface area contributed by atoms with Crippen molar-refractivity contribution >= 4 is 28.9 Å². The van der Waals surface area contributed by atoms with Gasteiger partial charge in [0.15, 0.2) is 0 Å². The number of aryl methyl sites for hydroxylation is 1. The van der Waals surface area contributed by atoms with Gasteiger partial charge in [0.25, 0.3) is 0 Å². The van der Waals surface area contributed by atoms with Gasteiger partial charge >= 0.3 is 5.97 Å². The Morgan fingerprint density at radius 3 is 2.43 bits per heavy atom. The molecule has 7 heteroatoms. The average molecular weight is 398 g/mol. The van der Waals surface area contributed by atoms with Crippen LogP contribution < -0.4 is 5.32 Å². The minimum atomic E-state index is -0.399. The van der Waals surface area contributed by atoms with Crippen LogP contribution in [0.25, 0.3) is 11.3 Å². The summed E-state index contributed by atoms with van der Waals surface area (Å²) in [4.78, 5) is 29.4. The zero-order chi connectivity index (χ0) is 20.1. The minimum absolute atomic E-state index is 0.151. The molecule has 5 nitrogen and oxygen atoms in total. The number of hydrogen-bond acceptors (Lipinski definition) is 5. The number of rotatable bonds is 6. The molecular weight excluding hydrogens is 379 g/mol. The highest BCUT2D eigenvalue weighted by atomic mass is 32.1. The molecule has 1 heterocycles. The molecule has 0 bridgehead atoms. The summed E-state index contributed by atoms with van der Waals surface area (Å²) < 4.78 is 18.1. The van der Waals surface area contributed by atoms with E-state index in [2.05, 4.69) is 10.3 Å². The van der Waals surface area contributed by atoms with E-state index >= 15 is 0 Å². The number of anilines is 1. The van der Waals surface area contributed by atoms with Crippen LogP contribution in [0.15, 0.2) is 48.5 Å². The first-order valence-corrected chi connectivity index (χ1v) is 9.57. The quantitative estimate of drug-likeness (QED) is 0.616. The third-order valence-electron chi connectivity index (χ3n) is 3.92. The summed E-state index contributed by atoms with van der Waals surface area (Å²) in [5, 5.41) is 3.65. The largest absolute Gasteiger partial charge is 0.462 e. The van der Waals surface area contributed by atoms with Crippen LogP contribution in [-0.2, 0) is 16.0 Å². The number of amides is 1. The van der Waals surface area contributed by atoms with Gasteiger partial charge in [-0.1, -0.05) is 0 Å². The van der Waals surface area contributed by atoms with Crippen molar-refractivity contribution in [3.63, 3.8) is 0 Å². The molecule has 3 rings (SSSR count). The fourth-order valence-corrected chi connectivity index (χ4v) is 3.63. The first kappa shape index (κ1) is 19.7. The Bertz CT molecular complexity index is 982. The molecule has 0 spiro atoms. The highest BCUT2D eigenvalue weighted by Gasteiger charge is 2.15. The molecule has 3 aromatic rings. The van der Waals surface area contributed by atoms with Gasteiger partial charge in [-0.15, -0.1) is 11.3 Å². The van der Waals surface area contributed by atoms with Gasteiger partial charge in [0, 0.05) is 16.1 Å². The number of esters is 1. The first-order valence-electron chi connectivity index (χ1n) is 8.75. The van der Waals surface area contributed by atoms with Crippen LogP contribution in [0.5, 0.6) is 0 Å². The highest BCUT2D eigenvalue weighted by molar-refractivity contribution is 7.12. The van der Waals surface area contributed by atoms with Crippen LogP contribution >= 0.6 is 11.3 Å². The topological polar surface area (TPSA) is 68.3 Å². The van der Waals surface area contributed by atoms with Crippen molar-refractivity contribution in [3.05, 3.63) is 69.8 Å². The molecule has 0 saturated carbocycles. The summed E-state index contributed by atoms with van der Waals surface area (Å²) in [5.41, 5.74) is 2.47. The van der Waals surface area contributed by atoms with Crippen molar-refractivity contribution in [3.8, 4) is 11.3 Å². The smallest absolute Gasteiger partial charge is 0.338 e. The average Bonchev–Trinajstić information content (AvgIpc) is 3.03. The van der Waals surface area contributed by atoms with Crippen molar-refractivity contribution in [2.24, 2.45) is 0 Å². The first-order chi connectivity index (χ1) is 13.5. The zero-order valence-corrected chi connectivity index (χ0v) is 16.3. The number of carbonyl (C=O) groups is 2. The molecule has 0 aliphatic carbocycles. The molecule has 1 amide bonds. The number of thiazole rings is 1. The van der Waals surface area contributed by atoms with Gasteiger partial charge < -0.3 is 10.1 Å². The van der Waals surface area contributed by atoms with E-state index in [9.17, 15) is 14.0 Å². The third-order valence-corrected chi connectivity index (χ3v) is 4.89. The number of ether oxygens (including phenoxy) is 1. The number of aromatic nitrogens is 1. The summed E-state index contributed by atoms with van der Waals surface area (Å²) in [5.74, 6) is -0.915. The standard InChI is InChI=1S/C21H19FN2O3S/c1-3-27-21(26)15-6-10-17(11-7-15)24-19(25)12-18-20(23-13(2)28-18)14-4-8-16(22)9-5-14/h4-11H,3,12H2,1-2H3,(H,24,25). The number of carbonyl (C=O) groups excluding carboxylic acids is 2. The molecule has 2 aromatic carbocycles. The summed E-state index contributed by atoms with van der Waals surface area (Å²) in [7, 11) is 0. The maximum Gasteiger partial charge on any atom is 0.338 e. The Morgan fingerprint density at radius 2 is 1.79 bits per heavy atom. The lowest BCUT2D eigenvalue weighted by Gasteiger charge is -2.07. The van der Waals surface area contributed by atoms with Crippen LogP contribution in [0.4, 0.5) is 10.1 Å². The predicted molar refractivity (Wildman–Crippen MR) is 107 cm³/mol. The Balaban J connectivity index is 1.70. The van der Waals surface area contributed by atoms with E-state index in [0.717, 1.165) is 15.4 Å². The molecule has 1 aromatic heterocycles. The van der Waals surface area contributed by atoms with Crippen LogP contribution in [0.1, 0.15) is 27.2 Å². The van der Waals surface area contributed by atoms with Gasteiger partial charge in [-0.3, -0.25) is 4.79 Å². The number of hydrogen-bond donors (Lipinski definition) is 1. The lowest BCUT2D eigenvalue weighted by Crippen LogP contribution is -2.14. The summed E-state index contributed by atoms with van der Waals surface area (Å²) in [6.45, 7) is 3.92. The molecule has 28 heavy (non-hydrogen) atoms. The zero-order valence-electron chi connectivity index (χ0n) is 15.5. The van der Waals surface area contributed by atoms with Gasteiger partial charge in [0.1, 0.15) is 5.82 Å². The van der Waals surface area contributed by atoms with E-state index in [1.807, 2.05) is 6.92 Å². The molecular formula is C21H19FN2O3S. The number of benzene rings is 2. The fourth-order valence-electron chi connectivity index (χ4n) is 2.68. The molecule has 144 valence electrons. The number of halogens is 1. The Hall–Kier alpha value is -3.06. The van der Waals surface area contributed by atoms with Gasteiger partial charge in [0.2, 0.25) is 5.91 Å². The minimum Gasteiger partial charge on any atom is -0.462 e. The molecule has 0 aliphatic heterocycles. The van der Waals surface area contributed by atoms with Crippen LogP contribution in [0.2, 0.25) is 0 Å². The summed E-state index contributed by atoms with van der Waals surface area (Å²) in [6, 6.07) is 12.6. The van der Waals surface area contributed by atoms with Crippen molar-refractivity contribution in [1.29, 1.82) is 0 Å². The highest BCUT2D eigenvalue weighted by Crippen LogP contribution is 2.29. The molecule has 1 N–H and O–H groups in total. The van der Waals surface area contributed by atoms with E-state index < -0.39 is 5.97 Å². The van der Waals surface area contributed by atoms with E-state index in [4.69, 9.17) is 4.74 Å². The molecule has 0 atom stereocenters. The molecule has 0 fully saturated rings. The normalized spacial score (nSPS) is 10.5.